The second-order valence-corrected chi connectivity index (χ2v) is 8.52. The minimum Gasteiger partial charge on any atom is -0.457 e. The summed E-state index contributed by atoms with van der Waals surface area (Å²) in [6.07, 6.45) is 1.54. The fourth-order valence-corrected chi connectivity index (χ4v) is 3.81. The van der Waals surface area contributed by atoms with E-state index in [-0.39, 0.29) is 0 Å². The van der Waals surface area contributed by atoms with Crippen molar-refractivity contribution in [1.82, 2.24) is 9.99 Å². The van der Waals surface area contributed by atoms with Crippen LogP contribution in [0, 0.1) is 27.7 Å². The molecule has 0 bridgehead atoms. The molecule has 0 saturated heterocycles. The van der Waals surface area contributed by atoms with Crippen molar-refractivity contribution in [1.29, 1.82) is 0 Å². The Morgan fingerprint density at radius 1 is 0.806 bits per heavy atom. The summed E-state index contributed by atoms with van der Waals surface area (Å²) in [7, 11) is 0. The molecular weight excluding hydrogens is 452 g/mol. The first-order valence-corrected chi connectivity index (χ1v) is 11.6. The largest absolute Gasteiger partial charge is 0.457 e. The van der Waals surface area contributed by atoms with Crippen LogP contribution in [0.4, 0.5) is 5.69 Å². The molecule has 0 aliphatic carbocycles. The highest BCUT2D eigenvalue weighted by atomic mass is 16.5. The summed E-state index contributed by atoms with van der Waals surface area (Å²) in [5, 5.41) is 6.54. The number of carbonyl (C=O) groups excluding carboxylic acids is 2. The van der Waals surface area contributed by atoms with Gasteiger partial charge in [-0.2, -0.15) is 5.10 Å². The Morgan fingerprint density at radius 2 is 1.50 bits per heavy atom. The molecule has 0 spiro atoms. The number of anilines is 1. The van der Waals surface area contributed by atoms with Crippen molar-refractivity contribution >= 4 is 23.7 Å². The standard InChI is InChI=1S/C29H28N4O3/c1-19-10-13-25(16-20(19)2)33-21(3)17-23(22(33)4)18-30-32-29(35)28(34)31-24-11-14-27(15-12-24)36-26-8-6-5-7-9-26/h5-18H,1-4H3,(H,31,34)(H,32,35)/b30-18-. The van der Waals surface area contributed by atoms with E-state index in [4.69, 9.17) is 4.74 Å². The highest BCUT2D eigenvalue weighted by Gasteiger charge is 2.14. The van der Waals surface area contributed by atoms with Crippen LogP contribution in [0.2, 0.25) is 0 Å². The zero-order valence-electron chi connectivity index (χ0n) is 20.7. The lowest BCUT2D eigenvalue weighted by atomic mass is 10.1. The molecule has 1 heterocycles. The van der Waals surface area contributed by atoms with Crippen molar-refractivity contribution in [3.63, 3.8) is 0 Å². The summed E-state index contributed by atoms with van der Waals surface area (Å²) in [6, 6.07) is 24.4. The molecule has 7 nitrogen and oxygen atoms in total. The van der Waals surface area contributed by atoms with Crippen molar-refractivity contribution < 1.29 is 14.3 Å². The Labute approximate surface area is 210 Å². The first kappa shape index (κ1) is 24.5. The lowest BCUT2D eigenvalue weighted by Gasteiger charge is -2.11. The first-order valence-electron chi connectivity index (χ1n) is 11.6. The summed E-state index contributed by atoms with van der Waals surface area (Å²) < 4.78 is 7.86. The molecule has 0 aliphatic rings. The molecule has 0 saturated carbocycles. The van der Waals surface area contributed by atoms with Gasteiger partial charge < -0.3 is 14.6 Å². The van der Waals surface area contributed by atoms with E-state index in [1.165, 1.54) is 11.1 Å². The van der Waals surface area contributed by atoms with Gasteiger partial charge >= 0.3 is 11.8 Å². The maximum Gasteiger partial charge on any atom is 0.329 e. The molecule has 2 amide bonds. The summed E-state index contributed by atoms with van der Waals surface area (Å²) in [5.41, 5.74) is 9.15. The van der Waals surface area contributed by atoms with Crippen LogP contribution in [-0.4, -0.2) is 22.6 Å². The highest BCUT2D eigenvalue weighted by Crippen LogP contribution is 2.23. The topological polar surface area (TPSA) is 84.7 Å². The summed E-state index contributed by atoms with van der Waals surface area (Å²) in [5.74, 6) is -0.351. The first-order chi connectivity index (χ1) is 17.3. The number of hydrogen-bond donors (Lipinski definition) is 2. The van der Waals surface area contributed by atoms with Crippen LogP contribution in [0.5, 0.6) is 11.5 Å². The lowest BCUT2D eigenvalue weighted by Crippen LogP contribution is -2.32. The Bertz CT molecular complexity index is 1420. The molecule has 2 N–H and O–H groups in total. The third-order valence-corrected chi connectivity index (χ3v) is 5.89. The van der Waals surface area contributed by atoms with E-state index in [1.807, 2.05) is 50.2 Å². The Morgan fingerprint density at radius 3 is 2.19 bits per heavy atom. The third-order valence-electron chi connectivity index (χ3n) is 5.89. The van der Waals surface area contributed by atoms with Crippen molar-refractivity contribution in [3.8, 4) is 17.2 Å². The molecule has 0 radical (unpaired) electrons. The van der Waals surface area contributed by atoms with Crippen molar-refractivity contribution in [3.05, 3.63) is 107 Å². The van der Waals surface area contributed by atoms with E-state index in [2.05, 4.69) is 52.5 Å². The van der Waals surface area contributed by atoms with Crippen molar-refractivity contribution in [2.45, 2.75) is 27.7 Å². The lowest BCUT2D eigenvalue weighted by molar-refractivity contribution is -0.136. The normalized spacial score (nSPS) is 10.9. The molecule has 0 aliphatic heterocycles. The molecule has 0 unspecified atom stereocenters. The van der Waals surface area contributed by atoms with Crippen LogP contribution in [0.15, 0.2) is 84.0 Å². The van der Waals surface area contributed by atoms with Gasteiger partial charge in [-0.05, 0) is 93.4 Å². The molecule has 3 aromatic carbocycles. The van der Waals surface area contributed by atoms with Gasteiger partial charge in [0.1, 0.15) is 11.5 Å². The maximum atomic E-state index is 12.3. The number of ether oxygens (including phenoxy) is 1. The van der Waals surface area contributed by atoms with Crippen LogP contribution in [0.1, 0.15) is 28.1 Å². The average Bonchev–Trinajstić information content (AvgIpc) is 3.15. The summed E-state index contributed by atoms with van der Waals surface area (Å²) in [4.78, 5) is 24.5. The highest BCUT2D eigenvalue weighted by molar-refractivity contribution is 6.39. The van der Waals surface area contributed by atoms with Crippen LogP contribution >= 0.6 is 0 Å². The van der Waals surface area contributed by atoms with Gasteiger partial charge in [-0.25, -0.2) is 5.43 Å². The molecule has 182 valence electrons. The second kappa shape index (κ2) is 10.7. The third kappa shape index (κ3) is 5.70. The van der Waals surface area contributed by atoms with Gasteiger partial charge in [-0.15, -0.1) is 0 Å². The van der Waals surface area contributed by atoms with Gasteiger partial charge in [-0.3, -0.25) is 9.59 Å². The summed E-state index contributed by atoms with van der Waals surface area (Å²) >= 11 is 0. The summed E-state index contributed by atoms with van der Waals surface area (Å²) in [6.45, 7) is 8.18. The fraction of sp³-hybridized carbons (Fsp3) is 0.138. The second-order valence-electron chi connectivity index (χ2n) is 8.52. The molecule has 0 fully saturated rings. The smallest absolute Gasteiger partial charge is 0.329 e. The van der Waals surface area contributed by atoms with Crippen LogP contribution in [0.3, 0.4) is 0 Å². The van der Waals surface area contributed by atoms with Crippen molar-refractivity contribution in [2.24, 2.45) is 5.10 Å². The fourth-order valence-electron chi connectivity index (χ4n) is 3.81. The zero-order valence-corrected chi connectivity index (χ0v) is 20.7. The number of amides is 2. The average molecular weight is 481 g/mol. The number of hydrazone groups is 1. The quantitative estimate of drug-likeness (QED) is 0.214. The number of aromatic nitrogens is 1. The maximum absolute atomic E-state index is 12.3. The van der Waals surface area contributed by atoms with Gasteiger partial charge in [0.15, 0.2) is 0 Å². The SMILES string of the molecule is Cc1ccc(-n2c(C)cc(/C=N\NC(=O)C(=O)Nc3ccc(Oc4ccccc4)cc3)c2C)cc1C. The Hall–Kier alpha value is -4.65. The number of carbonyl (C=O) groups is 2. The minimum absolute atomic E-state index is 0.469. The number of para-hydroxylation sites is 1. The van der Waals surface area contributed by atoms with E-state index in [0.717, 1.165) is 22.6 Å². The molecule has 4 rings (SSSR count). The molecule has 36 heavy (non-hydrogen) atoms. The zero-order chi connectivity index (χ0) is 25.7. The molecule has 7 heteroatoms. The van der Waals surface area contributed by atoms with E-state index in [1.54, 1.807) is 30.5 Å². The van der Waals surface area contributed by atoms with Crippen LogP contribution < -0.4 is 15.5 Å². The number of nitrogens with one attached hydrogen (secondary N) is 2. The van der Waals surface area contributed by atoms with Gasteiger partial charge in [0.05, 0.1) is 6.21 Å². The van der Waals surface area contributed by atoms with E-state index < -0.39 is 11.8 Å². The van der Waals surface area contributed by atoms with Crippen molar-refractivity contribution in [2.75, 3.05) is 5.32 Å². The number of nitrogens with zero attached hydrogens (tertiary/aromatic N) is 2. The number of hydrogen-bond acceptors (Lipinski definition) is 4. The van der Waals surface area contributed by atoms with Crippen LogP contribution in [-0.2, 0) is 9.59 Å². The number of rotatable bonds is 6. The number of benzene rings is 3. The minimum atomic E-state index is -0.862. The Kier molecular flexibility index (Phi) is 7.30. The van der Waals surface area contributed by atoms with Gasteiger partial charge in [0, 0.05) is 28.3 Å². The predicted molar refractivity (Wildman–Crippen MR) is 142 cm³/mol. The Balaban J connectivity index is 1.35. The number of aryl methyl sites for hydroxylation is 3. The van der Waals surface area contributed by atoms with Crippen LogP contribution in [0.25, 0.3) is 5.69 Å². The van der Waals surface area contributed by atoms with Gasteiger partial charge in [0.2, 0.25) is 0 Å². The van der Waals surface area contributed by atoms with Gasteiger partial charge in [-0.1, -0.05) is 24.3 Å². The predicted octanol–water partition coefficient (Wildman–Crippen LogP) is 5.59. The van der Waals surface area contributed by atoms with E-state index in [9.17, 15) is 9.59 Å². The molecule has 1 aromatic heterocycles. The van der Waals surface area contributed by atoms with Gasteiger partial charge in [0.25, 0.3) is 0 Å². The van der Waals surface area contributed by atoms with E-state index >= 15 is 0 Å². The molecule has 4 aromatic rings. The monoisotopic (exact) mass is 480 g/mol. The van der Waals surface area contributed by atoms with E-state index in [0.29, 0.717) is 17.2 Å². The molecular formula is C29H28N4O3. The molecule has 0 atom stereocenters.